The number of hydrogen-bond acceptors (Lipinski definition) is 3. The Morgan fingerprint density at radius 2 is 2.14 bits per heavy atom. The summed E-state index contributed by atoms with van der Waals surface area (Å²) in [6.07, 6.45) is 4.42. The lowest BCUT2D eigenvalue weighted by Crippen LogP contribution is -2.35. The number of carbonyl (C=O) groups excluding carboxylic acids is 1. The van der Waals surface area contributed by atoms with E-state index in [1.165, 1.54) is 5.69 Å². The number of aromatic nitrogens is 2. The second kappa shape index (κ2) is 8.80. The monoisotopic (exact) mass is 398 g/mol. The molecule has 1 aliphatic heterocycles. The Hall–Kier alpha value is -2.63. The van der Waals surface area contributed by atoms with Gasteiger partial charge < -0.3 is 9.80 Å². The van der Waals surface area contributed by atoms with Gasteiger partial charge in [-0.25, -0.2) is 4.39 Å². The Kier molecular flexibility index (Phi) is 6.40. The normalized spacial score (nSPS) is 14.1. The summed E-state index contributed by atoms with van der Waals surface area (Å²) in [5.41, 5.74) is 5.17. The number of amides is 1. The van der Waals surface area contributed by atoms with Crippen LogP contribution in [0.15, 0.2) is 24.3 Å². The van der Waals surface area contributed by atoms with Crippen molar-refractivity contribution in [1.29, 1.82) is 0 Å². The van der Waals surface area contributed by atoms with Gasteiger partial charge in [0, 0.05) is 57.4 Å². The molecule has 0 saturated carbocycles. The van der Waals surface area contributed by atoms with E-state index in [0.717, 1.165) is 54.9 Å². The molecule has 156 valence electrons. The van der Waals surface area contributed by atoms with Crippen molar-refractivity contribution in [1.82, 2.24) is 14.7 Å². The molecule has 0 spiro atoms. The Bertz CT molecular complexity index is 931. The van der Waals surface area contributed by atoms with Crippen molar-refractivity contribution in [2.75, 3.05) is 25.0 Å². The zero-order valence-corrected chi connectivity index (χ0v) is 18.1. The van der Waals surface area contributed by atoms with E-state index in [1.807, 2.05) is 55.7 Å². The molecule has 0 fully saturated rings. The van der Waals surface area contributed by atoms with E-state index in [1.54, 1.807) is 13.0 Å². The van der Waals surface area contributed by atoms with Crippen molar-refractivity contribution < 1.29 is 9.18 Å². The highest BCUT2D eigenvalue weighted by Gasteiger charge is 2.26. The van der Waals surface area contributed by atoms with Crippen LogP contribution in [-0.4, -0.2) is 40.7 Å². The van der Waals surface area contributed by atoms with Crippen LogP contribution in [0.1, 0.15) is 49.6 Å². The van der Waals surface area contributed by atoms with Gasteiger partial charge in [-0.2, -0.15) is 5.10 Å². The maximum absolute atomic E-state index is 14.3. The SMILES string of the molecule is C/C=C(\CC)c1cc(CCN(C)c2nn(C)c3c2CN(C(C)=O)CC3)ccc1F. The van der Waals surface area contributed by atoms with Gasteiger partial charge in [0.05, 0.1) is 6.54 Å². The molecule has 0 N–H and O–H groups in total. The van der Waals surface area contributed by atoms with Gasteiger partial charge in [0.1, 0.15) is 5.82 Å². The molecule has 0 saturated heterocycles. The molecule has 29 heavy (non-hydrogen) atoms. The molecule has 0 aliphatic carbocycles. The van der Waals surface area contributed by atoms with Crippen LogP contribution < -0.4 is 4.90 Å². The average Bonchev–Trinajstić information content (AvgIpc) is 3.05. The number of likely N-dealkylation sites (N-methyl/N-ethyl adjacent to an activating group) is 1. The molecule has 6 heteroatoms. The van der Waals surface area contributed by atoms with Crippen LogP contribution in [-0.2, 0) is 31.2 Å². The minimum absolute atomic E-state index is 0.0997. The number of rotatable bonds is 6. The van der Waals surface area contributed by atoms with Crippen molar-refractivity contribution in [3.63, 3.8) is 0 Å². The molecule has 1 amide bonds. The van der Waals surface area contributed by atoms with Gasteiger partial charge in [-0.15, -0.1) is 0 Å². The Morgan fingerprint density at radius 1 is 1.38 bits per heavy atom. The summed E-state index contributed by atoms with van der Waals surface area (Å²) in [5.74, 6) is 0.862. The van der Waals surface area contributed by atoms with Gasteiger partial charge in [0.25, 0.3) is 0 Å². The van der Waals surface area contributed by atoms with E-state index in [2.05, 4.69) is 4.90 Å². The fourth-order valence-electron chi connectivity index (χ4n) is 4.07. The largest absolute Gasteiger partial charge is 0.358 e. The van der Waals surface area contributed by atoms with E-state index in [-0.39, 0.29) is 11.7 Å². The molecule has 0 atom stereocenters. The fraction of sp³-hybridized carbons (Fsp3) is 0.478. The highest BCUT2D eigenvalue weighted by atomic mass is 19.1. The Morgan fingerprint density at radius 3 is 2.79 bits per heavy atom. The minimum atomic E-state index is -0.167. The highest BCUT2D eigenvalue weighted by molar-refractivity contribution is 5.74. The van der Waals surface area contributed by atoms with Gasteiger partial charge in [-0.05, 0) is 43.0 Å². The maximum Gasteiger partial charge on any atom is 0.219 e. The quantitative estimate of drug-likeness (QED) is 0.740. The topological polar surface area (TPSA) is 41.4 Å². The first-order chi connectivity index (χ1) is 13.8. The van der Waals surface area contributed by atoms with Crippen molar-refractivity contribution in [2.24, 2.45) is 7.05 Å². The predicted molar refractivity (Wildman–Crippen MR) is 115 cm³/mol. The standard InChI is InChI=1S/C23H31FN4O/c1-6-18(7-2)19-14-17(8-9-21(19)24)10-12-26(4)23-20-15-28(16(3)29)13-11-22(20)27(5)25-23/h6,8-9,14H,7,10-13,15H2,1-5H3/b18-6+. The van der Waals surface area contributed by atoms with Gasteiger partial charge in [0.15, 0.2) is 5.82 Å². The summed E-state index contributed by atoms with van der Waals surface area (Å²) in [6, 6.07) is 5.39. The number of carbonyl (C=O) groups is 1. The molecule has 2 aromatic rings. The molecule has 3 rings (SSSR count). The van der Waals surface area contributed by atoms with Crippen molar-refractivity contribution in [3.8, 4) is 0 Å². The first-order valence-electron chi connectivity index (χ1n) is 10.3. The summed E-state index contributed by atoms with van der Waals surface area (Å²) in [4.78, 5) is 15.8. The molecule has 0 bridgehead atoms. The second-order valence-corrected chi connectivity index (χ2v) is 7.72. The summed E-state index contributed by atoms with van der Waals surface area (Å²) >= 11 is 0. The van der Waals surface area contributed by atoms with E-state index in [4.69, 9.17) is 5.10 Å². The van der Waals surface area contributed by atoms with E-state index >= 15 is 0 Å². The summed E-state index contributed by atoms with van der Waals surface area (Å²) < 4.78 is 16.2. The number of fused-ring (bicyclic) bond motifs is 1. The first-order valence-corrected chi connectivity index (χ1v) is 10.3. The number of halogens is 1. The summed E-state index contributed by atoms with van der Waals surface area (Å²) in [6.45, 7) is 7.74. The molecule has 5 nitrogen and oxygen atoms in total. The van der Waals surface area contributed by atoms with Crippen LogP contribution in [0.25, 0.3) is 5.57 Å². The highest BCUT2D eigenvalue weighted by Crippen LogP contribution is 2.28. The third kappa shape index (κ3) is 4.36. The molecule has 2 heterocycles. The van der Waals surface area contributed by atoms with Crippen LogP contribution in [0.5, 0.6) is 0 Å². The van der Waals surface area contributed by atoms with Crippen molar-refractivity contribution in [2.45, 2.75) is 46.6 Å². The van der Waals surface area contributed by atoms with Crippen LogP contribution in [0.4, 0.5) is 10.2 Å². The van der Waals surface area contributed by atoms with Crippen molar-refractivity contribution >= 4 is 17.3 Å². The van der Waals surface area contributed by atoms with Gasteiger partial charge in [0.2, 0.25) is 5.91 Å². The van der Waals surface area contributed by atoms with Crippen LogP contribution in [0.3, 0.4) is 0 Å². The number of benzene rings is 1. The molecular weight excluding hydrogens is 367 g/mol. The molecule has 1 aromatic carbocycles. The zero-order chi connectivity index (χ0) is 21.1. The van der Waals surface area contributed by atoms with E-state index < -0.39 is 0 Å². The van der Waals surface area contributed by atoms with Gasteiger partial charge in [-0.1, -0.05) is 19.1 Å². The summed E-state index contributed by atoms with van der Waals surface area (Å²) in [5, 5.41) is 4.72. The van der Waals surface area contributed by atoms with Gasteiger partial charge in [-0.3, -0.25) is 9.48 Å². The first kappa shape index (κ1) is 21.1. The number of hydrogen-bond donors (Lipinski definition) is 0. The predicted octanol–water partition coefficient (Wildman–Crippen LogP) is 3.96. The Labute approximate surface area is 172 Å². The van der Waals surface area contributed by atoms with E-state index in [9.17, 15) is 9.18 Å². The van der Waals surface area contributed by atoms with Crippen LogP contribution in [0, 0.1) is 5.82 Å². The average molecular weight is 399 g/mol. The maximum atomic E-state index is 14.3. The lowest BCUT2D eigenvalue weighted by Gasteiger charge is -2.28. The molecule has 1 aromatic heterocycles. The second-order valence-electron chi connectivity index (χ2n) is 7.72. The smallest absolute Gasteiger partial charge is 0.219 e. The molecule has 1 aliphatic rings. The lowest BCUT2D eigenvalue weighted by molar-refractivity contribution is -0.129. The summed E-state index contributed by atoms with van der Waals surface area (Å²) in [7, 11) is 4.00. The number of allylic oxidation sites excluding steroid dienone is 2. The molecule has 0 unspecified atom stereocenters. The van der Waals surface area contributed by atoms with E-state index in [0.29, 0.717) is 12.1 Å². The molecular formula is C23H31FN4O. The zero-order valence-electron chi connectivity index (χ0n) is 18.1. The van der Waals surface area contributed by atoms with Crippen molar-refractivity contribution in [3.05, 3.63) is 52.5 Å². The minimum Gasteiger partial charge on any atom is -0.358 e. The Balaban J connectivity index is 1.76. The third-order valence-corrected chi connectivity index (χ3v) is 5.87. The number of anilines is 1. The third-order valence-electron chi connectivity index (χ3n) is 5.87. The number of nitrogens with zero attached hydrogens (tertiary/aromatic N) is 4. The fourth-order valence-corrected chi connectivity index (χ4v) is 4.07. The number of aryl methyl sites for hydroxylation is 1. The van der Waals surface area contributed by atoms with Crippen LogP contribution >= 0.6 is 0 Å². The van der Waals surface area contributed by atoms with Gasteiger partial charge >= 0.3 is 0 Å². The van der Waals surface area contributed by atoms with Crippen LogP contribution in [0.2, 0.25) is 0 Å². The lowest BCUT2D eigenvalue weighted by atomic mass is 9.99. The molecule has 0 radical (unpaired) electrons.